The van der Waals surface area contributed by atoms with E-state index < -0.39 is 39.7 Å². The predicted molar refractivity (Wildman–Crippen MR) is 152 cm³/mol. The molecule has 1 atom stereocenters. The molecule has 1 aliphatic heterocycles. The van der Waals surface area contributed by atoms with E-state index in [0.29, 0.717) is 46.4 Å². The van der Waals surface area contributed by atoms with Crippen LogP contribution >= 0.6 is 0 Å². The lowest BCUT2D eigenvalue weighted by atomic mass is 9.95. The minimum Gasteiger partial charge on any atom is -0.479 e. The molecule has 2 aliphatic rings. The van der Waals surface area contributed by atoms with E-state index in [1.807, 2.05) is 0 Å². The van der Waals surface area contributed by atoms with Crippen molar-refractivity contribution in [3.63, 3.8) is 0 Å². The Bertz CT molecular complexity index is 1960. The number of carboxylic acids is 1. The third-order valence-corrected chi connectivity index (χ3v) is 9.74. The molecule has 12 heteroatoms. The first kappa shape index (κ1) is 29.3. The summed E-state index contributed by atoms with van der Waals surface area (Å²) in [5.41, 5.74) is 2.43. The van der Waals surface area contributed by atoms with E-state index in [0.717, 1.165) is 22.0 Å². The fourth-order valence-corrected chi connectivity index (χ4v) is 7.08. The van der Waals surface area contributed by atoms with Crippen molar-refractivity contribution in [1.82, 2.24) is 9.62 Å². The molecule has 8 nitrogen and oxygen atoms in total. The van der Waals surface area contributed by atoms with Gasteiger partial charge in [-0.05, 0) is 59.0 Å². The van der Waals surface area contributed by atoms with Crippen LogP contribution in [-0.4, -0.2) is 42.0 Å². The summed E-state index contributed by atoms with van der Waals surface area (Å²) < 4.78 is 66.5. The molecule has 0 fully saturated rings. The summed E-state index contributed by atoms with van der Waals surface area (Å²) in [6.07, 6.45) is -4.31. The summed E-state index contributed by atoms with van der Waals surface area (Å²) in [6.45, 7) is -0.0635. The van der Waals surface area contributed by atoms with E-state index in [-0.39, 0.29) is 34.9 Å². The fourth-order valence-electron chi connectivity index (χ4n) is 5.66. The SMILES string of the molecule is O=C(NC(C(=O)O)c1ccc2c(c1)CN(S(=O)(=O)c1ccc(C(F)(F)F)cc1)CC2)c1cccc2c1-c1ccccc1C2=O. The summed E-state index contributed by atoms with van der Waals surface area (Å²) >= 11 is 0. The van der Waals surface area contributed by atoms with Crippen molar-refractivity contribution in [3.05, 3.63) is 124 Å². The van der Waals surface area contributed by atoms with Crippen LogP contribution in [0.25, 0.3) is 11.1 Å². The van der Waals surface area contributed by atoms with Crippen molar-refractivity contribution in [3.8, 4) is 11.1 Å². The van der Waals surface area contributed by atoms with Gasteiger partial charge in [0.2, 0.25) is 10.0 Å². The second kappa shape index (κ2) is 10.7. The zero-order chi connectivity index (χ0) is 31.4. The third kappa shape index (κ3) is 5.05. The van der Waals surface area contributed by atoms with Gasteiger partial charge in [-0.3, -0.25) is 9.59 Å². The summed E-state index contributed by atoms with van der Waals surface area (Å²) in [5.74, 6) is -2.29. The lowest BCUT2D eigenvalue weighted by Crippen LogP contribution is -2.37. The average Bonchev–Trinajstić information content (AvgIpc) is 3.30. The van der Waals surface area contributed by atoms with E-state index in [4.69, 9.17) is 0 Å². The zero-order valence-corrected chi connectivity index (χ0v) is 23.6. The largest absolute Gasteiger partial charge is 0.479 e. The zero-order valence-electron chi connectivity index (χ0n) is 22.8. The van der Waals surface area contributed by atoms with Crippen LogP contribution in [0.2, 0.25) is 0 Å². The molecule has 2 N–H and O–H groups in total. The Balaban J connectivity index is 1.27. The quantitative estimate of drug-likeness (QED) is 0.269. The molecule has 0 aromatic heterocycles. The van der Waals surface area contributed by atoms with Gasteiger partial charge in [-0.25, -0.2) is 13.2 Å². The van der Waals surface area contributed by atoms with E-state index in [9.17, 15) is 41.1 Å². The number of hydrogen-bond donors (Lipinski definition) is 2. The van der Waals surface area contributed by atoms with Gasteiger partial charge in [0.1, 0.15) is 0 Å². The van der Waals surface area contributed by atoms with Crippen LogP contribution in [-0.2, 0) is 34.0 Å². The number of rotatable bonds is 6. The normalized spacial score (nSPS) is 15.2. The molecule has 0 bridgehead atoms. The molecular formula is C32H23F3N2O6S. The summed E-state index contributed by atoms with van der Waals surface area (Å²) in [6, 6.07) is 18.0. The van der Waals surface area contributed by atoms with E-state index in [2.05, 4.69) is 5.32 Å². The van der Waals surface area contributed by atoms with Crippen molar-refractivity contribution >= 4 is 27.7 Å². The Labute approximate surface area is 249 Å². The Hall–Kier alpha value is -4.81. The number of nitrogens with one attached hydrogen (secondary N) is 1. The molecule has 44 heavy (non-hydrogen) atoms. The van der Waals surface area contributed by atoms with Crippen LogP contribution < -0.4 is 5.32 Å². The first-order chi connectivity index (χ1) is 20.9. The lowest BCUT2D eigenvalue weighted by molar-refractivity contribution is -0.139. The highest BCUT2D eigenvalue weighted by atomic mass is 32.2. The van der Waals surface area contributed by atoms with Gasteiger partial charge < -0.3 is 10.4 Å². The number of nitrogens with zero attached hydrogens (tertiary/aromatic N) is 1. The molecule has 224 valence electrons. The van der Waals surface area contributed by atoms with Crippen LogP contribution in [0.1, 0.15) is 54.6 Å². The van der Waals surface area contributed by atoms with Gasteiger partial charge in [-0.15, -0.1) is 0 Å². The van der Waals surface area contributed by atoms with Gasteiger partial charge in [-0.1, -0.05) is 54.6 Å². The Morgan fingerprint density at radius 3 is 2.23 bits per heavy atom. The van der Waals surface area contributed by atoms with Crippen LogP contribution in [0.15, 0.2) is 89.8 Å². The summed E-state index contributed by atoms with van der Waals surface area (Å²) in [7, 11) is -4.15. The second-order valence-corrected chi connectivity index (χ2v) is 12.4. The number of carbonyl (C=O) groups excluding carboxylic acids is 2. The van der Waals surface area contributed by atoms with E-state index >= 15 is 0 Å². The van der Waals surface area contributed by atoms with Crippen LogP contribution in [0.4, 0.5) is 13.2 Å². The van der Waals surface area contributed by atoms with Crippen molar-refractivity contribution < 1.29 is 41.1 Å². The van der Waals surface area contributed by atoms with E-state index in [1.54, 1.807) is 48.5 Å². The number of fused-ring (bicyclic) bond motifs is 4. The smallest absolute Gasteiger partial charge is 0.416 e. The van der Waals surface area contributed by atoms with Gasteiger partial charge in [0.25, 0.3) is 5.91 Å². The standard InChI is InChI=1S/C32H23F3N2O6S/c33-32(34,35)21-10-12-22(13-11-21)44(42,43)37-15-14-18-8-9-19(16-20(18)17-37)28(31(40)41)36-30(39)26-7-3-6-25-27(26)23-4-1-2-5-24(23)29(25)38/h1-13,16,28H,14-15,17H2,(H,36,39)(H,40,41). The molecule has 0 saturated carbocycles. The monoisotopic (exact) mass is 620 g/mol. The number of hydrogen-bond acceptors (Lipinski definition) is 5. The Morgan fingerprint density at radius 1 is 0.864 bits per heavy atom. The van der Waals surface area contributed by atoms with Gasteiger partial charge in [-0.2, -0.15) is 17.5 Å². The number of benzene rings is 4. The Kier molecular flexibility index (Phi) is 7.13. The molecule has 0 radical (unpaired) electrons. The van der Waals surface area contributed by atoms with Gasteiger partial charge in [0.05, 0.1) is 10.5 Å². The summed E-state index contributed by atoms with van der Waals surface area (Å²) in [4.78, 5) is 38.4. The lowest BCUT2D eigenvalue weighted by Gasteiger charge is -2.29. The first-order valence-corrected chi connectivity index (χ1v) is 14.9. The molecule has 0 spiro atoms. The Morgan fingerprint density at radius 2 is 1.55 bits per heavy atom. The maximum Gasteiger partial charge on any atom is 0.416 e. The second-order valence-electron chi connectivity index (χ2n) is 10.5. The molecule has 1 aliphatic carbocycles. The minimum absolute atomic E-state index is 0.0775. The van der Waals surface area contributed by atoms with Gasteiger partial charge in [0, 0.05) is 35.3 Å². The minimum atomic E-state index is -4.61. The number of amides is 1. The molecule has 4 aromatic rings. The highest BCUT2D eigenvalue weighted by molar-refractivity contribution is 7.89. The number of alkyl halides is 3. The average molecular weight is 621 g/mol. The first-order valence-electron chi connectivity index (χ1n) is 13.5. The highest BCUT2D eigenvalue weighted by Gasteiger charge is 2.34. The van der Waals surface area contributed by atoms with Crippen LogP contribution in [0.3, 0.4) is 0 Å². The molecule has 4 aromatic carbocycles. The van der Waals surface area contributed by atoms with Crippen molar-refractivity contribution in [2.45, 2.75) is 30.1 Å². The molecule has 1 unspecified atom stereocenters. The number of ketones is 1. The highest BCUT2D eigenvalue weighted by Crippen LogP contribution is 2.39. The van der Waals surface area contributed by atoms with Crippen molar-refractivity contribution in [2.75, 3.05) is 6.54 Å². The van der Waals surface area contributed by atoms with Crippen molar-refractivity contribution in [1.29, 1.82) is 0 Å². The van der Waals surface area contributed by atoms with Crippen molar-refractivity contribution in [2.24, 2.45) is 0 Å². The molecular weight excluding hydrogens is 597 g/mol. The topological polar surface area (TPSA) is 121 Å². The molecule has 0 saturated heterocycles. The number of halogens is 3. The fraction of sp³-hybridized carbons (Fsp3) is 0.156. The molecule has 1 heterocycles. The number of sulfonamides is 1. The summed E-state index contributed by atoms with van der Waals surface area (Å²) in [5, 5.41) is 12.6. The van der Waals surface area contributed by atoms with E-state index in [1.165, 1.54) is 12.1 Å². The molecule has 6 rings (SSSR count). The van der Waals surface area contributed by atoms with Crippen LogP contribution in [0.5, 0.6) is 0 Å². The predicted octanol–water partition coefficient (Wildman–Crippen LogP) is 5.22. The maximum absolute atomic E-state index is 13.5. The molecule has 1 amide bonds. The third-order valence-electron chi connectivity index (χ3n) is 7.88. The van der Waals surface area contributed by atoms with Gasteiger partial charge in [0.15, 0.2) is 11.8 Å². The maximum atomic E-state index is 13.5. The number of carboxylic acid groups (broad SMARTS) is 1. The van der Waals surface area contributed by atoms with Crippen LogP contribution in [0, 0.1) is 0 Å². The number of aliphatic carboxylic acids is 1. The number of carbonyl (C=O) groups is 3. The van der Waals surface area contributed by atoms with Gasteiger partial charge >= 0.3 is 12.1 Å².